The summed E-state index contributed by atoms with van der Waals surface area (Å²) in [6.45, 7) is 7.88. The number of anilines is 1. The smallest absolute Gasteiger partial charge is 0.251 e. The van der Waals surface area contributed by atoms with E-state index in [-0.39, 0.29) is 29.6 Å². The van der Waals surface area contributed by atoms with Crippen LogP contribution in [0.1, 0.15) is 107 Å². The van der Waals surface area contributed by atoms with Crippen molar-refractivity contribution in [2.24, 2.45) is 5.73 Å². The molecule has 7 N–H and O–H groups in total. The second kappa shape index (κ2) is 17.9. The van der Waals surface area contributed by atoms with Crippen LogP contribution in [0.3, 0.4) is 0 Å². The number of carbonyl (C=O) groups is 3. The number of piperidine rings is 1. The van der Waals surface area contributed by atoms with Crippen LogP contribution in [0.4, 0.5) is 5.69 Å². The number of allylic oxidation sites excluding steroid dienone is 5. The Kier molecular flexibility index (Phi) is 14.1. The molecule has 1 aliphatic carbocycles. The number of benzene rings is 1. The number of unbranched alkanes of at least 4 members (excludes halogenated alkanes) is 3. The summed E-state index contributed by atoms with van der Waals surface area (Å²) in [7, 11) is 0. The molecule has 0 aromatic heterocycles. The molecule has 1 saturated heterocycles. The monoisotopic (exact) mass is 617 g/mol. The number of nitrogens with zero attached hydrogens (tertiary/aromatic N) is 1. The maximum absolute atomic E-state index is 12.6. The first-order valence-electron chi connectivity index (χ1n) is 16.5. The van der Waals surface area contributed by atoms with E-state index in [0.29, 0.717) is 55.1 Å². The van der Waals surface area contributed by atoms with Gasteiger partial charge in [-0.3, -0.25) is 19.8 Å². The Morgan fingerprint density at radius 1 is 1.07 bits per heavy atom. The first-order chi connectivity index (χ1) is 21.8. The third-order valence-corrected chi connectivity index (χ3v) is 8.43. The van der Waals surface area contributed by atoms with Crippen LogP contribution in [-0.4, -0.2) is 53.3 Å². The van der Waals surface area contributed by atoms with Crippen molar-refractivity contribution >= 4 is 35.0 Å². The highest BCUT2D eigenvalue weighted by Gasteiger charge is 2.24. The van der Waals surface area contributed by atoms with Crippen LogP contribution in [0, 0.1) is 10.8 Å². The largest absolute Gasteiger partial charge is 0.382 e. The summed E-state index contributed by atoms with van der Waals surface area (Å²) < 4.78 is 0. The van der Waals surface area contributed by atoms with Gasteiger partial charge in [0.15, 0.2) is 0 Å². The molecule has 0 saturated carbocycles. The number of nitrogens with two attached hydrogens (primary N) is 1. The summed E-state index contributed by atoms with van der Waals surface area (Å²) >= 11 is 0. The summed E-state index contributed by atoms with van der Waals surface area (Å²) in [6, 6.07) is 5.44. The molecule has 3 aliphatic rings. The van der Waals surface area contributed by atoms with Crippen LogP contribution in [0.25, 0.3) is 0 Å². The molecule has 4 rings (SSSR count). The number of amidine groups is 1. The van der Waals surface area contributed by atoms with Crippen molar-refractivity contribution in [1.82, 2.24) is 15.5 Å². The average Bonchev–Trinajstić information content (AvgIpc) is 3.44. The number of fused-ring (bicyclic) bond motifs is 1. The average molecular weight is 618 g/mol. The van der Waals surface area contributed by atoms with Crippen LogP contribution >= 0.6 is 0 Å². The van der Waals surface area contributed by atoms with E-state index in [4.69, 9.17) is 16.6 Å². The summed E-state index contributed by atoms with van der Waals surface area (Å²) in [5, 5.41) is 25.6. The van der Waals surface area contributed by atoms with E-state index in [1.807, 2.05) is 26.0 Å². The zero-order valence-electron chi connectivity index (χ0n) is 27.2. The highest BCUT2D eigenvalue weighted by molar-refractivity contribution is 6.12. The van der Waals surface area contributed by atoms with Crippen LogP contribution in [0.2, 0.25) is 0 Å². The normalized spacial score (nSPS) is 16.4. The van der Waals surface area contributed by atoms with E-state index in [0.717, 1.165) is 68.9 Å². The molecule has 0 bridgehead atoms. The van der Waals surface area contributed by atoms with E-state index < -0.39 is 0 Å². The second-order valence-corrected chi connectivity index (χ2v) is 11.5. The standard InChI is InChI=1S/C33H45N7O3.C2H6/c1-2-22-10-7-8-11-24(22)27(34)20-29(32(35)36)40-18-16-23(17-19-40)38-30(41)14-5-3-4-6-15-31(42)39-28-13-9-12-25-26(28)21-37-33(25)43;1-2/h8-9,11-13,20,23,34H,2-7,10,14-19,21H2,1H3,(H3,35,36)(H,37,43)(H,38,41)(H,39,42);1-2H3/b29-20+,34-27?;. The number of nitrogens with one attached hydrogen (secondary N) is 5. The Labute approximate surface area is 268 Å². The zero-order valence-corrected chi connectivity index (χ0v) is 27.2. The maximum atomic E-state index is 12.6. The van der Waals surface area contributed by atoms with Gasteiger partial charge in [0.2, 0.25) is 11.8 Å². The summed E-state index contributed by atoms with van der Waals surface area (Å²) in [4.78, 5) is 38.8. The Balaban J connectivity index is 0.00000271. The molecule has 244 valence electrons. The van der Waals surface area contributed by atoms with Gasteiger partial charge in [0, 0.05) is 55.3 Å². The Bertz CT molecular complexity index is 1340. The molecule has 1 aromatic carbocycles. The summed E-state index contributed by atoms with van der Waals surface area (Å²) in [5.41, 5.74) is 11.2. The number of hydrogen-bond donors (Lipinski definition) is 6. The minimum Gasteiger partial charge on any atom is -0.382 e. The van der Waals surface area contributed by atoms with Gasteiger partial charge in [0.25, 0.3) is 5.91 Å². The molecule has 45 heavy (non-hydrogen) atoms. The minimum absolute atomic E-state index is 0.0412. The molecule has 10 heteroatoms. The molecule has 0 radical (unpaired) electrons. The Hall–Kier alpha value is -4.21. The second-order valence-electron chi connectivity index (χ2n) is 11.5. The molecule has 2 aliphatic heterocycles. The number of likely N-dealkylation sites (tertiary alicyclic amines) is 1. The van der Waals surface area contributed by atoms with Crippen molar-refractivity contribution in [1.29, 1.82) is 10.8 Å². The number of rotatable bonds is 14. The molecule has 1 aromatic rings. The van der Waals surface area contributed by atoms with Gasteiger partial charge in [-0.25, -0.2) is 0 Å². The maximum Gasteiger partial charge on any atom is 0.251 e. The Morgan fingerprint density at radius 3 is 2.42 bits per heavy atom. The van der Waals surface area contributed by atoms with Crippen molar-refractivity contribution in [3.05, 3.63) is 64.4 Å². The van der Waals surface area contributed by atoms with Crippen LogP contribution in [0.15, 0.2) is 53.3 Å². The van der Waals surface area contributed by atoms with E-state index in [1.165, 1.54) is 5.57 Å². The van der Waals surface area contributed by atoms with Gasteiger partial charge in [-0.2, -0.15) is 0 Å². The molecule has 1 fully saturated rings. The molecule has 10 nitrogen and oxygen atoms in total. The van der Waals surface area contributed by atoms with Crippen LogP contribution in [-0.2, 0) is 16.1 Å². The molecule has 0 spiro atoms. The van der Waals surface area contributed by atoms with Gasteiger partial charge in [-0.05, 0) is 68.7 Å². The fourth-order valence-electron chi connectivity index (χ4n) is 5.99. The van der Waals surface area contributed by atoms with Gasteiger partial charge in [-0.15, -0.1) is 0 Å². The molecule has 0 atom stereocenters. The molecule has 0 unspecified atom stereocenters. The highest BCUT2D eigenvalue weighted by atomic mass is 16.2. The number of hydrogen-bond acceptors (Lipinski definition) is 6. The van der Waals surface area contributed by atoms with E-state index in [2.05, 4.69) is 33.9 Å². The zero-order chi connectivity index (χ0) is 32.8. The molecule has 2 heterocycles. The SMILES string of the molecule is CC.CCC1=C(C(=N)/C=C(\C(=N)N)N2CCC(NC(=O)CCCCCCC(=O)Nc3cccc4c3CNC4=O)CC2)C=CCC1. The minimum atomic E-state index is -0.108. The quantitative estimate of drug-likeness (QED) is 0.0893. The molecular weight excluding hydrogens is 566 g/mol. The molecular formula is C35H51N7O3. The van der Waals surface area contributed by atoms with Crippen molar-refractivity contribution in [2.45, 2.75) is 104 Å². The summed E-state index contributed by atoms with van der Waals surface area (Å²) in [5.74, 6) is -0.168. The van der Waals surface area contributed by atoms with E-state index >= 15 is 0 Å². The first kappa shape index (κ1) is 35.3. The van der Waals surface area contributed by atoms with Crippen molar-refractivity contribution in [3.8, 4) is 0 Å². The fourth-order valence-corrected chi connectivity index (χ4v) is 5.99. The third-order valence-electron chi connectivity index (χ3n) is 8.43. The summed E-state index contributed by atoms with van der Waals surface area (Å²) in [6.07, 6.45) is 14.4. The lowest BCUT2D eigenvalue weighted by Gasteiger charge is -2.35. The fraction of sp³-hybridized carbons (Fsp3) is 0.514. The van der Waals surface area contributed by atoms with Crippen molar-refractivity contribution in [3.63, 3.8) is 0 Å². The lowest BCUT2D eigenvalue weighted by Crippen LogP contribution is -2.45. The van der Waals surface area contributed by atoms with Gasteiger partial charge in [-0.1, -0.05) is 57.4 Å². The van der Waals surface area contributed by atoms with Gasteiger partial charge in [0.05, 0.1) is 11.4 Å². The van der Waals surface area contributed by atoms with Gasteiger partial charge in [0.1, 0.15) is 5.84 Å². The third kappa shape index (κ3) is 10.2. The number of carbonyl (C=O) groups excluding carboxylic acids is 3. The van der Waals surface area contributed by atoms with E-state index in [9.17, 15) is 14.4 Å². The highest BCUT2D eigenvalue weighted by Crippen LogP contribution is 2.25. The predicted octanol–water partition coefficient (Wildman–Crippen LogP) is 5.71. The van der Waals surface area contributed by atoms with Crippen molar-refractivity contribution in [2.75, 3.05) is 18.4 Å². The van der Waals surface area contributed by atoms with Gasteiger partial charge < -0.3 is 32.0 Å². The first-order valence-corrected chi connectivity index (χ1v) is 16.5. The predicted molar refractivity (Wildman–Crippen MR) is 181 cm³/mol. The van der Waals surface area contributed by atoms with Crippen LogP contribution < -0.4 is 21.7 Å². The lowest BCUT2D eigenvalue weighted by atomic mass is 9.92. The topological polar surface area (TPSA) is 164 Å². The van der Waals surface area contributed by atoms with Crippen LogP contribution in [0.5, 0.6) is 0 Å². The van der Waals surface area contributed by atoms with E-state index in [1.54, 1.807) is 18.2 Å². The molecule has 3 amide bonds. The number of amides is 3. The van der Waals surface area contributed by atoms with Crippen molar-refractivity contribution < 1.29 is 14.4 Å². The lowest BCUT2D eigenvalue weighted by molar-refractivity contribution is -0.122. The van der Waals surface area contributed by atoms with Gasteiger partial charge >= 0.3 is 0 Å². The Morgan fingerprint density at radius 2 is 1.76 bits per heavy atom.